The van der Waals surface area contributed by atoms with Crippen molar-refractivity contribution in [1.82, 2.24) is 10.3 Å². The second kappa shape index (κ2) is 7.77. The first kappa shape index (κ1) is 16.2. The van der Waals surface area contributed by atoms with Gasteiger partial charge in [-0.3, -0.25) is 4.79 Å². The fourth-order valence-corrected chi connectivity index (χ4v) is 2.79. The molecule has 3 rings (SSSR count). The summed E-state index contributed by atoms with van der Waals surface area (Å²) in [5.41, 5.74) is 3.31. The Balaban J connectivity index is 1.54. The molecule has 0 aliphatic carbocycles. The van der Waals surface area contributed by atoms with E-state index in [1.165, 1.54) is 18.4 Å². The maximum atomic E-state index is 12.0. The monoisotopic (exact) mass is 321 g/mol. The number of anilines is 1. The molecular formula is C20H23N3O. The van der Waals surface area contributed by atoms with E-state index in [0.717, 1.165) is 30.0 Å². The Hall–Kier alpha value is -2.62. The molecule has 0 radical (unpaired) electrons. The Kier molecular flexibility index (Phi) is 5.26. The summed E-state index contributed by atoms with van der Waals surface area (Å²) >= 11 is 0. The van der Waals surface area contributed by atoms with Crippen LogP contribution in [0.1, 0.15) is 29.5 Å². The van der Waals surface area contributed by atoms with Crippen LogP contribution in [0.2, 0.25) is 0 Å². The molecule has 4 nitrogen and oxygen atoms in total. The van der Waals surface area contributed by atoms with Crippen LogP contribution in [-0.2, 0) is 11.3 Å². The quantitative estimate of drug-likeness (QED) is 0.859. The highest BCUT2D eigenvalue weighted by Gasteiger charge is 2.13. The minimum absolute atomic E-state index is 0.0879. The third-order valence-electron chi connectivity index (χ3n) is 4.21. The number of carbonyl (C=O) groups excluding carboxylic acids is 1. The molecule has 24 heavy (non-hydrogen) atoms. The zero-order chi connectivity index (χ0) is 16.8. The average Bonchev–Trinajstić information content (AvgIpc) is 3.14. The fourth-order valence-electron chi connectivity index (χ4n) is 2.79. The highest BCUT2D eigenvalue weighted by molar-refractivity contribution is 5.91. The van der Waals surface area contributed by atoms with E-state index in [2.05, 4.69) is 21.3 Å². The summed E-state index contributed by atoms with van der Waals surface area (Å²) in [4.78, 5) is 18.7. The Labute approximate surface area is 143 Å². The van der Waals surface area contributed by atoms with Crippen molar-refractivity contribution in [3.8, 4) is 0 Å². The van der Waals surface area contributed by atoms with Gasteiger partial charge in [-0.15, -0.1) is 0 Å². The van der Waals surface area contributed by atoms with Crippen molar-refractivity contribution in [2.45, 2.75) is 26.3 Å². The van der Waals surface area contributed by atoms with Gasteiger partial charge in [0.25, 0.3) is 0 Å². The summed E-state index contributed by atoms with van der Waals surface area (Å²) < 4.78 is 0. The molecule has 0 unspecified atom stereocenters. The van der Waals surface area contributed by atoms with Crippen molar-refractivity contribution in [3.63, 3.8) is 0 Å². The summed E-state index contributed by atoms with van der Waals surface area (Å²) in [6, 6.07) is 12.1. The van der Waals surface area contributed by atoms with Gasteiger partial charge in [0, 0.05) is 31.9 Å². The van der Waals surface area contributed by atoms with Crippen LogP contribution in [-0.4, -0.2) is 24.0 Å². The number of pyridine rings is 1. The third-order valence-corrected chi connectivity index (χ3v) is 4.21. The maximum absolute atomic E-state index is 12.0. The van der Waals surface area contributed by atoms with E-state index < -0.39 is 0 Å². The van der Waals surface area contributed by atoms with E-state index in [1.807, 2.05) is 49.5 Å². The molecule has 0 spiro atoms. The number of hydrogen-bond donors (Lipinski definition) is 1. The van der Waals surface area contributed by atoms with E-state index in [4.69, 9.17) is 0 Å². The van der Waals surface area contributed by atoms with Gasteiger partial charge in [0.1, 0.15) is 5.82 Å². The number of benzene rings is 1. The fraction of sp³-hybridized carbons (Fsp3) is 0.300. The molecule has 1 aliphatic rings. The molecule has 1 aromatic carbocycles. The molecule has 4 heteroatoms. The standard InChI is InChI=1S/C20H23N3O/c1-16-4-6-17(7-5-16)8-9-20(24)22-15-18-10-11-21-19(14-18)23-12-2-3-13-23/h4-11,14H,2-3,12-13,15H2,1H3,(H,22,24)/b9-8+. The number of aryl methyl sites for hydroxylation is 1. The molecule has 1 aromatic heterocycles. The van der Waals surface area contributed by atoms with Crippen LogP contribution < -0.4 is 10.2 Å². The summed E-state index contributed by atoms with van der Waals surface area (Å²) in [6.07, 6.45) is 7.68. The number of hydrogen-bond acceptors (Lipinski definition) is 3. The van der Waals surface area contributed by atoms with Gasteiger partial charge in [-0.1, -0.05) is 29.8 Å². The molecule has 2 aromatic rings. The number of carbonyl (C=O) groups is 1. The van der Waals surface area contributed by atoms with Crippen molar-refractivity contribution in [2.75, 3.05) is 18.0 Å². The molecule has 0 saturated carbocycles. The van der Waals surface area contributed by atoms with Gasteiger partial charge in [-0.05, 0) is 49.1 Å². The smallest absolute Gasteiger partial charge is 0.244 e. The topological polar surface area (TPSA) is 45.2 Å². The number of nitrogens with zero attached hydrogens (tertiary/aromatic N) is 2. The Bertz CT molecular complexity index is 716. The van der Waals surface area contributed by atoms with Crippen molar-refractivity contribution in [2.24, 2.45) is 0 Å². The molecular weight excluding hydrogens is 298 g/mol. The van der Waals surface area contributed by atoms with Crippen LogP contribution >= 0.6 is 0 Å². The van der Waals surface area contributed by atoms with Crippen molar-refractivity contribution < 1.29 is 4.79 Å². The number of amides is 1. The highest BCUT2D eigenvalue weighted by Crippen LogP contribution is 2.18. The van der Waals surface area contributed by atoms with Gasteiger partial charge >= 0.3 is 0 Å². The minimum Gasteiger partial charge on any atom is -0.357 e. The summed E-state index contributed by atoms with van der Waals surface area (Å²) in [6.45, 7) is 4.70. The third kappa shape index (κ3) is 4.44. The van der Waals surface area contributed by atoms with Gasteiger partial charge in [-0.2, -0.15) is 0 Å². The second-order valence-electron chi connectivity index (χ2n) is 6.18. The zero-order valence-electron chi connectivity index (χ0n) is 14.0. The molecule has 1 fully saturated rings. The summed E-state index contributed by atoms with van der Waals surface area (Å²) in [7, 11) is 0. The average molecular weight is 321 g/mol. The van der Waals surface area contributed by atoms with Crippen molar-refractivity contribution in [3.05, 3.63) is 65.4 Å². The van der Waals surface area contributed by atoms with Gasteiger partial charge in [-0.25, -0.2) is 4.98 Å². The molecule has 0 bridgehead atoms. The second-order valence-corrected chi connectivity index (χ2v) is 6.18. The minimum atomic E-state index is -0.0879. The molecule has 1 saturated heterocycles. The first-order chi connectivity index (χ1) is 11.7. The highest BCUT2D eigenvalue weighted by atomic mass is 16.1. The first-order valence-electron chi connectivity index (χ1n) is 8.43. The van der Waals surface area contributed by atoms with Gasteiger partial charge in [0.2, 0.25) is 5.91 Å². The predicted molar refractivity (Wildman–Crippen MR) is 97.7 cm³/mol. The largest absolute Gasteiger partial charge is 0.357 e. The number of nitrogens with one attached hydrogen (secondary N) is 1. The lowest BCUT2D eigenvalue weighted by molar-refractivity contribution is -0.116. The van der Waals surface area contributed by atoms with Crippen molar-refractivity contribution in [1.29, 1.82) is 0 Å². The van der Waals surface area contributed by atoms with Crippen LogP contribution in [0.15, 0.2) is 48.7 Å². The van der Waals surface area contributed by atoms with Crippen LogP contribution in [0.5, 0.6) is 0 Å². The van der Waals surface area contributed by atoms with Crippen LogP contribution in [0.25, 0.3) is 6.08 Å². The first-order valence-corrected chi connectivity index (χ1v) is 8.43. The van der Waals surface area contributed by atoms with Crippen LogP contribution in [0.4, 0.5) is 5.82 Å². The predicted octanol–water partition coefficient (Wildman–Crippen LogP) is 3.32. The Morgan fingerprint density at radius 3 is 2.71 bits per heavy atom. The lowest BCUT2D eigenvalue weighted by Crippen LogP contribution is -2.22. The number of rotatable bonds is 5. The molecule has 0 atom stereocenters. The molecule has 2 heterocycles. The van der Waals surface area contributed by atoms with E-state index in [-0.39, 0.29) is 5.91 Å². The SMILES string of the molecule is Cc1ccc(/C=C/C(=O)NCc2ccnc(N3CCCC3)c2)cc1. The van der Waals surface area contributed by atoms with Gasteiger partial charge < -0.3 is 10.2 Å². The maximum Gasteiger partial charge on any atom is 0.244 e. The molecule has 1 aliphatic heterocycles. The summed E-state index contributed by atoms with van der Waals surface area (Å²) in [5, 5.41) is 2.93. The number of aromatic nitrogens is 1. The van der Waals surface area contributed by atoms with E-state index in [1.54, 1.807) is 6.08 Å². The summed E-state index contributed by atoms with van der Waals surface area (Å²) in [5.74, 6) is 0.921. The van der Waals surface area contributed by atoms with Gasteiger partial charge in [0.15, 0.2) is 0 Å². The van der Waals surface area contributed by atoms with E-state index in [0.29, 0.717) is 6.54 Å². The lowest BCUT2D eigenvalue weighted by Gasteiger charge is -2.16. The zero-order valence-corrected chi connectivity index (χ0v) is 14.0. The molecule has 1 amide bonds. The van der Waals surface area contributed by atoms with E-state index in [9.17, 15) is 4.79 Å². The normalized spacial score (nSPS) is 14.3. The van der Waals surface area contributed by atoms with Gasteiger partial charge in [0.05, 0.1) is 0 Å². The molecule has 124 valence electrons. The van der Waals surface area contributed by atoms with Crippen LogP contribution in [0.3, 0.4) is 0 Å². The van der Waals surface area contributed by atoms with E-state index >= 15 is 0 Å². The Morgan fingerprint density at radius 1 is 1.21 bits per heavy atom. The Morgan fingerprint density at radius 2 is 1.96 bits per heavy atom. The van der Waals surface area contributed by atoms with Crippen molar-refractivity contribution >= 4 is 17.8 Å². The lowest BCUT2D eigenvalue weighted by atomic mass is 10.1. The molecule has 1 N–H and O–H groups in total. The van der Waals surface area contributed by atoms with Crippen LogP contribution in [0, 0.1) is 6.92 Å².